The standard InChI is InChI=1S/C19H32N2/c1-12(2)17-10-15(11-18(13(3)4)19(17)21)9-14-5-7-16(20)8-6-14/h10-14,16H,5-9,20-21H2,1-4H3. The van der Waals surface area contributed by atoms with Crippen LogP contribution in [0.4, 0.5) is 5.69 Å². The molecule has 0 spiro atoms. The molecule has 0 aromatic heterocycles. The lowest BCUT2D eigenvalue weighted by Crippen LogP contribution is -2.27. The number of benzene rings is 1. The Balaban J connectivity index is 2.22. The molecule has 1 fully saturated rings. The summed E-state index contributed by atoms with van der Waals surface area (Å²) >= 11 is 0. The number of nitrogen functional groups attached to an aromatic ring is 1. The van der Waals surface area contributed by atoms with Crippen molar-refractivity contribution in [3.63, 3.8) is 0 Å². The highest BCUT2D eigenvalue weighted by molar-refractivity contribution is 5.58. The van der Waals surface area contributed by atoms with Gasteiger partial charge in [0.1, 0.15) is 0 Å². The lowest BCUT2D eigenvalue weighted by molar-refractivity contribution is 0.325. The molecule has 1 aliphatic rings. The summed E-state index contributed by atoms with van der Waals surface area (Å²) in [5.41, 5.74) is 17.5. The topological polar surface area (TPSA) is 52.0 Å². The molecule has 0 heterocycles. The van der Waals surface area contributed by atoms with Crippen molar-refractivity contribution in [2.75, 3.05) is 5.73 Å². The summed E-state index contributed by atoms with van der Waals surface area (Å²) in [6, 6.07) is 5.13. The third-order valence-corrected chi connectivity index (χ3v) is 4.96. The zero-order chi connectivity index (χ0) is 15.6. The zero-order valence-electron chi connectivity index (χ0n) is 14.2. The van der Waals surface area contributed by atoms with Gasteiger partial charge < -0.3 is 11.5 Å². The Kier molecular flexibility index (Phi) is 5.32. The third kappa shape index (κ3) is 4.00. The Hall–Kier alpha value is -1.02. The summed E-state index contributed by atoms with van der Waals surface area (Å²) in [5, 5.41) is 0. The number of nitrogens with two attached hydrogens (primary N) is 2. The zero-order valence-corrected chi connectivity index (χ0v) is 14.2. The fourth-order valence-electron chi connectivity index (χ4n) is 3.56. The van der Waals surface area contributed by atoms with Gasteiger partial charge in [0, 0.05) is 11.7 Å². The molecule has 21 heavy (non-hydrogen) atoms. The Morgan fingerprint density at radius 2 is 1.43 bits per heavy atom. The van der Waals surface area contributed by atoms with Crippen LogP contribution in [0.1, 0.15) is 81.9 Å². The van der Waals surface area contributed by atoms with Crippen LogP contribution in [0.15, 0.2) is 12.1 Å². The molecule has 1 aromatic rings. The van der Waals surface area contributed by atoms with Crippen molar-refractivity contribution in [1.29, 1.82) is 0 Å². The fraction of sp³-hybridized carbons (Fsp3) is 0.684. The van der Waals surface area contributed by atoms with Crippen LogP contribution in [-0.4, -0.2) is 6.04 Å². The van der Waals surface area contributed by atoms with Crippen LogP contribution in [-0.2, 0) is 6.42 Å². The summed E-state index contributed by atoms with van der Waals surface area (Å²) in [5.74, 6) is 1.78. The molecule has 2 rings (SSSR count). The molecule has 0 saturated heterocycles. The molecule has 0 amide bonds. The van der Waals surface area contributed by atoms with E-state index in [0.29, 0.717) is 17.9 Å². The van der Waals surface area contributed by atoms with Crippen LogP contribution in [0.3, 0.4) is 0 Å². The molecular weight excluding hydrogens is 256 g/mol. The molecule has 0 radical (unpaired) electrons. The van der Waals surface area contributed by atoms with Crippen molar-refractivity contribution >= 4 is 5.69 Å². The molecule has 0 unspecified atom stereocenters. The maximum absolute atomic E-state index is 6.39. The summed E-state index contributed by atoms with van der Waals surface area (Å²) < 4.78 is 0. The van der Waals surface area contributed by atoms with E-state index < -0.39 is 0 Å². The first kappa shape index (κ1) is 16.4. The van der Waals surface area contributed by atoms with Gasteiger partial charge in [-0.25, -0.2) is 0 Å². The minimum atomic E-state index is 0.435. The summed E-state index contributed by atoms with van der Waals surface area (Å²) in [6.45, 7) is 8.94. The van der Waals surface area contributed by atoms with Crippen molar-refractivity contribution in [3.8, 4) is 0 Å². The maximum atomic E-state index is 6.39. The number of hydrogen-bond acceptors (Lipinski definition) is 2. The van der Waals surface area contributed by atoms with Gasteiger partial charge in [-0.05, 0) is 66.5 Å². The van der Waals surface area contributed by atoms with E-state index in [-0.39, 0.29) is 0 Å². The Labute approximate surface area is 130 Å². The van der Waals surface area contributed by atoms with Crippen LogP contribution in [0.5, 0.6) is 0 Å². The Morgan fingerprint density at radius 1 is 0.952 bits per heavy atom. The average molecular weight is 288 g/mol. The van der Waals surface area contributed by atoms with E-state index in [4.69, 9.17) is 11.5 Å². The van der Waals surface area contributed by atoms with Crippen LogP contribution >= 0.6 is 0 Å². The fourth-order valence-corrected chi connectivity index (χ4v) is 3.56. The van der Waals surface area contributed by atoms with Gasteiger partial charge in [0.05, 0.1) is 0 Å². The molecule has 0 atom stereocenters. The highest BCUT2D eigenvalue weighted by atomic mass is 14.6. The summed E-state index contributed by atoms with van der Waals surface area (Å²) in [6.07, 6.45) is 6.12. The normalized spacial score (nSPS) is 23.0. The second-order valence-corrected chi connectivity index (χ2v) is 7.48. The van der Waals surface area contributed by atoms with Gasteiger partial charge in [0.25, 0.3) is 0 Å². The second-order valence-electron chi connectivity index (χ2n) is 7.48. The largest absolute Gasteiger partial charge is 0.398 e. The van der Waals surface area contributed by atoms with E-state index in [9.17, 15) is 0 Å². The van der Waals surface area contributed by atoms with E-state index in [1.54, 1.807) is 0 Å². The minimum absolute atomic E-state index is 0.435. The van der Waals surface area contributed by atoms with E-state index >= 15 is 0 Å². The molecule has 2 nitrogen and oxygen atoms in total. The molecule has 0 bridgehead atoms. The predicted molar refractivity (Wildman–Crippen MR) is 92.7 cm³/mol. The van der Waals surface area contributed by atoms with Gasteiger partial charge in [0.2, 0.25) is 0 Å². The van der Waals surface area contributed by atoms with Gasteiger partial charge in [-0.15, -0.1) is 0 Å². The van der Waals surface area contributed by atoms with E-state index in [1.165, 1.54) is 48.8 Å². The van der Waals surface area contributed by atoms with Gasteiger partial charge in [-0.3, -0.25) is 0 Å². The highest BCUT2D eigenvalue weighted by Gasteiger charge is 2.20. The van der Waals surface area contributed by atoms with Gasteiger partial charge >= 0.3 is 0 Å². The van der Waals surface area contributed by atoms with E-state index in [1.807, 2.05) is 0 Å². The van der Waals surface area contributed by atoms with E-state index in [0.717, 1.165) is 11.6 Å². The van der Waals surface area contributed by atoms with Crippen molar-refractivity contribution in [2.24, 2.45) is 11.7 Å². The predicted octanol–water partition coefficient (Wildman–Crippen LogP) is 4.58. The Bertz CT molecular complexity index is 439. The van der Waals surface area contributed by atoms with Crippen LogP contribution in [0.2, 0.25) is 0 Å². The molecule has 1 saturated carbocycles. The van der Waals surface area contributed by atoms with Crippen molar-refractivity contribution < 1.29 is 0 Å². The second kappa shape index (κ2) is 6.83. The molecule has 1 aliphatic carbocycles. The van der Waals surface area contributed by atoms with Crippen LogP contribution in [0.25, 0.3) is 0 Å². The first-order valence-corrected chi connectivity index (χ1v) is 8.56. The first-order valence-electron chi connectivity index (χ1n) is 8.56. The average Bonchev–Trinajstić information content (AvgIpc) is 2.42. The van der Waals surface area contributed by atoms with Crippen LogP contribution < -0.4 is 11.5 Å². The third-order valence-electron chi connectivity index (χ3n) is 4.96. The number of rotatable bonds is 4. The van der Waals surface area contributed by atoms with E-state index in [2.05, 4.69) is 39.8 Å². The molecule has 118 valence electrons. The quantitative estimate of drug-likeness (QED) is 0.797. The number of hydrogen-bond donors (Lipinski definition) is 2. The van der Waals surface area contributed by atoms with Crippen molar-refractivity contribution in [3.05, 3.63) is 28.8 Å². The van der Waals surface area contributed by atoms with Crippen molar-refractivity contribution in [1.82, 2.24) is 0 Å². The minimum Gasteiger partial charge on any atom is -0.398 e. The van der Waals surface area contributed by atoms with Gasteiger partial charge in [-0.2, -0.15) is 0 Å². The molecule has 0 aliphatic heterocycles. The van der Waals surface area contributed by atoms with Gasteiger partial charge in [0.15, 0.2) is 0 Å². The molecular formula is C19H32N2. The Morgan fingerprint density at radius 3 is 1.86 bits per heavy atom. The van der Waals surface area contributed by atoms with Gasteiger partial charge in [-0.1, -0.05) is 39.8 Å². The molecule has 2 heteroatoms. The smallest absolute Gasteiger partial charge is 0.0384 e. The first-order chi connectivity index (χ1) is 9.88. The lowest BCUT2D eigenvalue weighted by atomic mass is 9.81. The SMILES string of the molecule is CC(C)c1cc(CC2CCC(N)CC2)cc(C(C)C)c1N. The maximum Gasteiger partial charge on any atom is 0.0384 e. The molecule has 4 N–H and O–H groups in total. The van der Waals surface area contributed by atoms with Crippen molar-refractivity contribution in [2.45, 2.75) is 77.7 Å². The molecule has 1 aromatic carbocycles. The monoisotopic (exact) mass is 288 g/mol. The number of anilines is 1. The summed E-state index contributed by atoms with van der Waals surface area (Å²) in [7, 11) is 0. The highest BCUT2D eigenvalue weighted by Crippen LogP contribution is 2.34. The lowest BCUT2D eigenvalue weighted by Gasteiger charge is -2.27. The van der Waals surface area contributed by atoms with Crippen LogP contribution in [0, 0.1) is 5.92 Å². The summed E-state index contributed by atoms with van der Waals surface area (Å²) in [4.78, 5) is 0.